The zero-order valence-corrected chi connectivity index (χ0v) is 22.1. The first-order chi connectivity index (χ1) is 18.3. The van der Waals surface area contributed by atoms with Crippen LogP contribution in [0, 0.1) is 5.82 Å². The van der Waals surface area contributed by atoms with Crippen LogP contribution in [0.2, 0.25) is 0 Å². The van der Waals surface area contributed by atoms with Crippen LogP contribution in [0.25, 0.3) is 16.8 Å². The minimum absolute atomic E-state index is 0.0335. The molecule has 9 nitrogen and oxygen atoms in total. The van der Waals surface area contributed by atoms with Gasteiger partial charge in [0.25, 0.3) is 0 Å². The van der Waals surface area contributed by atoms with Crippen LogP contribution >= 0.6 is 0 Å². The maximum absolute atomic E-state index is 15.0. The molecular weight excluding hydrogens is 520 g/mol. The first-order valence-electron chi connectivity index (χ1n) is 12.5. The minimum atomic E-state index is -4.62. The molecule has 0 bridgehead atoms. The molecule has 210 valence electrons. The Balaban J connectivity index is 1.54. The second kappa shape index (κ2) is 10.7. The molecule has 39 heavy (non-hydrogen) atoms. The average Bonchev–Trinajstić information content (AvgIpc) is 3.22. The summed E-state index contributed by atoms with van der Waals surface area (Å²) in [6.07, 6.45) is -2.10. The summed E-state index contributed by atoms with van der Waals surface area (Å²) in [5.74, 6) is -0.581. The fourth-order valence-electron chi connectivity index (χ4n) is 4.31. The number of hydrogen-bond acceptors (Lipinski definition) is 6. The number of pyridine rings is 1. The Kier molecular flexibility index (Phi) is 7.71. The quantitative estimate of drug-likeness (QED) is 0.431. The monoisotopic (exact) mass is 550 g/mol. The van der Waals surface area contributed by atoms with E-state index in [2.05, 4.69) is 10.1 Å². The zero-order chi connectivity index (χ0) is 28.5. The molecule has 0 radical (unpaired) electrons. The number of carbonyl (C=O) groups is 1. The molecule has 13 heteroatoms. The van der Waals surface area contributed by atoms with Crippen molar-refractivity contribution in [2.75, 3.05) is 24.5 Å². The smallest absolute Gasteiger partial charge is 0.410 e. The molecule has 1 fully saturated rings. The molecule has 1 atom stereocenters. The Labute approximate surface area is 222 Å². The van der Waals surface area contributed by atoms with Crippen LogP contribution < -0.4 is 10.6 Å². The summed E-state index contributed by atoms with van der Waals surface area (Å²) in [7, 11) is 0. The fraction of sp³-hybridized carbons (Fsp3) is 0.462. The molecule has 0 spiro atoms. The molecule has 1 aliphatic heterocycles. The van der Waals surface area contributed by atoms with Gasteiger partial charge in [-0.1, -0.05) is 13.0 Å². The van der Waals surface area contributed by atoms with E-state index in [0.717, 1.165) is 14.4 Å². The van der Waals surface area contributed by atoms with Gasteiger partial charge in [0.2, 0.25) is 0 Å². The Morgan fingerprint density at radius 2 is 1.82 bits per heavy atom. The van der Waals surface area contributed by atoms with Gasteiger partial charge >= 0.3 is 18.0 Å². The van der Waals surface area contributed by atoms with Crippen LogP contribution in [0.15, 0.2) is 47.7 Å². The van der Waals surface area contributed by atoms with Crippen molar-refractivity contribution in [3.05, 3.63) is 59.2 Å². The molecular formula is C26H30F4N6O3. The lowest BCUT2D eigenvalue weighted by Crippen LogP contribution is -2.61. The molecule has 1 aliphatic rings. The molecule has 3 heterocycles. The summed E-state index contributed by atoms with van der Waals surface area (Å²) in [6.45, 7) is 6.59. The summed E-state index contributed by atoms with van der Waals surface area (Å²) in [4.78, 5) is 31.2. The Morgan fingerprint density at radius 3 is 2.41 bits per heavy atom. The normalized spacial score (nSPS) is 16.5. The fourth-order valence-corrected chi connectivity index (χ4v) is 4.31. The highest BCUT2D eigenvalue weighted by atomic mass is 19.4. The third kappa shape index (κ3) is 6.23. The predicted octanol–water partition coefficient (Wildman–Crippen LogP) is 4.63. The molecule has 1 aromatic carbocycles. The van der Waals surface area contributed by atoms with Crippen molar-refractivity contribution < 1.29 is 27.1 Å². The van der Waals surface area contributed by atoms with Gasteiger partial charge in [0, 0.05) is 31.4 Å². The van der Waals surface area contributed by atoms with Crippen LogP contribution in [-0.4, -0.2) is 67.8 Å². The van der Waals surface area contributed by atoms with Crippen molar-refractivity contribution in [3.63, 3.8) is 0 Å². The lowest BCUT2D eigenvalue weighted by molar-refractivity contribution is -0.155. The number of rotatable bonds is 5. The molecule has 1 amide bonds. The van der Waals surface area contributed by atoms with Gasteiger partial charge in [0.1, 0.15) is 29.6 Å². The second-order valence-electron chi connectivity index (χ2n) is 10.3. The van der Waals surface area contributed by atoms with Gasteiger partial charge in [-0.2, -0.15) is 18.3 Å². The lowest BCUT2D eigenvalue weighted by Gasteiger charge is -2.42. The number of piperazine rings is 1. The first kappa shape index (κ1) is 28.1. The van der Waals surface area contributed by atoms with E-state index in [1.165, 1.54) is 35.4 Å². The van der Waals surface area contributed by atoms with E-state index in [0.29, 0.717) is 24.1 Å². The van der Waals surface area contributed by atoms with E-state index < -0.39 is 42.0 Å². The Bertz CT molecular complexity index is 1380. The second-order valence-corrected chi connectivity index (χ2v) is 10.3. The number of anilines is 1. The molecule has 0 saturated carbocycles. The van der Waals surface area contributed by atoms with Gasteiger partial charge in [-0.05, 0) is 57.0 Å². The number of aromatic nitrogens is 4. The number of hydrogen-bond donors (Lipinski definition) is 0. The number of aryl methyl sites for hydroxylation is 1. The van der Waals surface area contributed by atoms with E-state index in [4.69, 9.17) is 4.74 Å². The highest BCUT2D eigenvalue weighted by Crippen LogP contribution is 2.32. The topological polar surface area (TPSA) is 85.5 Å². The highest BCUT2D eigenvalue weighted by molar-refractivity contribution is 5.69. The number of amides is 1. The van der Waals surface area contributed by atoms with Crippen molar-refractivity contribution in [1.82, 2.24) is 24.2 Å². The van der Waals surface area contributed by atoms with Crippen LogP contribution in [0.5, 0.6) is 0 Å². The summed E-state index contributed by atoms with van der Waals surface area (Å²) >= 11 is 0. The lowest BCUT2D eigenvalue weighted by atomic mass is 10.1. The summed E-state index contributed by atoms with van der Waals surface area (Å²) < 4.78 is 64.5. The van der Waals surface area contributed by atoms with Crippen molar-refractivity contribution >= 4 is 11.9 Å². The van der Waals surface area contributed by atoms with Crippen LogP contribution in [-0.2, 0) is 11.3 Å². The van der Waals surface area contributed by atoms with Crippen LogP contribution in [0.4, 0.5) is 28.2 Å². The van der Waals surface area contributed by atoms with Gasteiger partial charge < -0.3 is 14.5 Å². The number of ether oxygens (including phenoxy) is 1. The van der Waals surface area contributed by atoms with E-state index >= 15 is 0 Å². The standard InChI is InChI=1S/C26H30F4N6O3/c1-5-10-36-23(37)35(16-32-36)20-8-6-17(13-19(20)27)18-7-9-22(31-14-18)34-12-11-33(15-21(34)26(28,29)30)24(38)39-25(2,3)4/h6-9,13-14,16,21H,5,10-12,15H2,1-4H3. The summed E-state index contributed by atoms with van der Waals surface area (Å²) in [6, 6.07) is 5.27. The van der Waals surface area contributed by atoms with Gasteiger partial charge in [-0.25, -0.2) is 28.2 Å². The summed E-state index contributed by atoms with van der Waals surface area (Å²) in [5.41, 5.74) is -0.336. The number of alkyl halides is 3. The van der Waals surface area contributed by atoms with Gasteiger partial charge in [-0.3, -0.25) is 0 Å². The van der Waals surface area contributed by atoms with E-state index in [1.54, 1.807) is 32.9 Å². The van der Waals surface area contributed by atoms with Gasteiger partial charge in [-0.15, -0.1) is 0 Å². The zero-order valence-electron chi connectivity index (χ0n) is 22.1. The summed E-state index contributed by atoms with van der Waals surface area (Å²) in [5, 5.41) is 3.99. The van der Waals surface area contributed by atoms with Crippen LogP contribution in [0.1, 0.15) is 34.1 Å². The highest BCUT2D eigenvalue weighted by Gasteiger charge is 2.48. The number of benzene rings is 1. The van der Waals surface area contributed by atoms with E-state index in [-0.39, 0.29) is 24.6 Å². The van der Waals surface area contributed by atoms with Crippen molar-refractivity contribution in [2.24, 2.45) is 0 Å². The third-order valence-electron chi connectivity index (χ3n) is 6.16. The molecule has 3 aromatic rings. The van der Waals surface area contributed by atoms with Crippen LogP contribution in [0.3, 0.4) is 0 Å². The SMILES string of the molecule is CCCn1ncn(-c2ccc(-c3ccc(N4CCN(C(=O)OC(C)(C)C)CC4C(F)(F)F)nc3)cc2F)c1=O. The Hall–Kier alpha value is -3.90. The van der Waals surface area contributed by atoms with Crippen molar-refractivity contribution in [3.8, 4) is 16.8 Å². The molecule has 1 saturated heterocycles. The molecule has 2 aromatic heterocycles. The van der Waals surface area contributed by atoms with Gasteiger partial charge in [0.05, 0.1) is 12.2 Å². The first-order valence-corrected chi connectivity index (χ1v) is 12.5. The van der Waals surface area contributed by atoms with Crippen molar-refractivity contribution in [1.29, 1.82) is 0 Å². The Morgan fingerprint density at radius 1 is 1.10 bits per heavy atom. The van der Waals surface area contributed by atoms with Gasteiger partial charge in [0.15, 0.2) is 0 Å². The minimum Gasteiger partial charge on any atom is -0.444 e. The molecule has 4 rings (SSSR count). The predicted molar refractivity (Wildman–Crippen MR) is 136 cm³/mol. The number of nitrogens with zero attached hydrogens (tertiary/aromatic N) is 6. The number of carbonyl (C=O) groups excluding carboxylic acids is 1. The molecule has 1 unspecified atom stereocenters. The third-order valence-corrected chi connectivity index (χ3v) is 6.16. The maximum Gasteiger partial charge on any atom is 0.410 e. The molecule has 0 aliphatic carbocycles. The van der Waals surface area contributed by atoms with Crippen molar-refractivity contribution in [2.45, 2.75) is 58.5 Å². The average molecular weight is 551 g/mol. The largest absolute Gasteiger partial charge is 0.444 e. The van der Waals surface area contributed by atoms with E-state index in [1.807, 2.05) is 6.92 Å². The number of halogens is 4. The maximum atomic E-state index is 15.0. The van der Waals surface area contributed by atoms with E-state index in [9.17, 15) is 27.2 Å². The molecule has 0 N–H and O–H groups in total.